The second-order valence-electron chi connectivity index (χ2n) is 18.4. The lowest BCUT2D eigenvalue weighted by molar-refractivity contribution is -0.217. The van der Waals surface area contributed by atoms with Crippen LogP contribution in [0.1, 0.15) is 95.9 Å². The average molecular weight is 835 g/mol. The van der Waals surface area contributed by atoms with E-state index >= 15 is 4.79 Å². The summed E-state index contributed by atoms with van der Waals surface area (Å²) in [5, 5.41) is 26.6. The Morgan fingerprint density at radius 2 is 1.85 bits per heavy atom. The number of carbonyl (C=O) groups excluding carboxylic acids is 2. The van der Waals surface area contributed by atoms with Gasteiger partial charge in [-0.15, -0.1) is 11.8 Å². The Kier molecular flexibility index (Phi) is 7.18. The number of aromatic amines is 1. The number of aromatic nitrogens is 1. The topological polar surface area (TPSA) is 172 Å². The van der Waals surface area contributed by atoms with Crippen molar-refractivity contribution < 1.29 is 48.3 Å². The molecular weight excluding hydrogens is 789 g/mol. The second-order valence-corrected chi connectivity index (χ2v) is 19.5. The van der Waals surface area contributed by atoms with Crippen molar-refractivity contribution in [2.45, 2.75) is 119 Å². The third-order valence-electron chi connectivity index (χ3n) is 15.5. The number of rotatable bonds is 3. The number of thioether (sulfide) groups is 1. The van der Waals surface area contributed by atoms with Crippen LogP contribution in [0.4, 0.5) is 0 Å². The highest BCUT2D eigenvalue weighted by Crippen LogP contribution is 2.74. The van der Waals surface area contributed by atoms with Gasteiger partial charge in [0, 0.05) is 88.4 Å². The lowest BCUT2D eigenvalue weighted by Crippen LogP contribution is -2.76. The number of H-pyrrole nitrogens is 1. The third kappa shape index (κ3) is 4.15. The van der Waals surface area contributed by atoms with Crippen LogP contribution in [-0.4, -0.2) is 92.0 Å². The van der Waals surface area contributed by atoms with Gasteiger partial charge < -0.3 is 38.9 Å². The van der Waals surface area contributed by atoms with Gasteiger partial charge in [0.05, 0.1) is 24.1 Å². The molecule has 3 saturated heterocycles. The number of carboxylic acid groups (broad SMARTS) is 1. The molecule has 4 aromatic rings. The summed E-state index contributed by atoms with van der Waals surface area (Å²) in [6, 6.07) is 6.12. The van der Waals surface area contributed by atoms with Crippen molar-refractivity contribution in [2.75, 3.05) is 19.7 Å². The number of carboxylic acids is 1. The quantitative estimate of drug-likeness (QED) is 0.153. The first kappa shape index (κ1) is 36.9. The molecule has 0 amide bonds. The molecule has 3 aromatic carbocycles. The highest BCUT2D eigenvalue weighted by molar-refractivity contribution is 8.00. The van der Waals surface area contributed by atoms with Crippen molar-refractivity contribution in [3.05, 3.63) is 74.5 Å². The minimum Gasteiger partial charge on any atom is -0.504 e. The van der Waals surface area contributed by atoms with E-state index in [0.29, 0.717) is 40.5 Å². The van der Waals surface area contributed by atoms with Crippen molar-refractivity contribution in [1.29, 1.82) is 0 Å². The van der Waals surface area contributed by atoms with Crippen molar-refractivity contribution in [2.24, 2.45) is 0 Å². The molecule has 0 radical (unpaired) electrons. The molecule has 8 heterocycles. The zero-order valence-electron chi connectivity index (χ0n) is 34.3. The summed E-state index contributed by atoms with van der Waals surface area (Å²) in [6.07, 6.45) is 1.39. The van der Waals surface area contributed by atoms with E-state index in [2.05, 4.69) is 40.0 Å². The number of methoxy groups -OCH3 is 1. The van der Waals surface area contributed by atoms with Gasteiger partial charge in [-0.05, 0) is 75.9 Å². The lowest BCUT2D eigenvalue weighted by Gasteiger charge is -2.68. The number of esters is 2. The summed E-state index contributed by atoms with van der Waals surface area (Å²) < 4.78 is 31.8. The maximum Gasteiger partial charge on any atom is 0.334 e. The molecule has 0 saturated carbocycles. The van der Waals surface area contributed by atoms with Crippen molar-refractivity contribution in [3.63, 3.8) is 0 Å². The van der Waals surface area contributed by atoms with Gasteiger partial charge in [0.1, 0.15) is 11.8 Å². The molecule has 1 aliphatic carbocycles. The SMILES string of the molecule is COc1c(C)cc2c(c1O)[C@@H]1[C@@H]3[C@@H]4SC[C@]5(N[C@@H](C(=O)O)Cc6c5[nH]c5ccc(C)cc65)C(=O)OC45C[C@@H](c4c6c(c(C)c(OC(C)=O)c45)OCO6)N3[C@@H](C)[C@@H]3CC2(C)N13. The zero-order valence-corrected chi connectivity index (χ0v) is 35.2. The van der Waals surface area contributed by atoms with Crippen LogP contribution < -0.4 is 24.3 Å². The van der Waals surface area contributed by atoms with Crippen molar-refractivity contribution in [3.8, 4) is 28.7 Å². The second kappa shape index (κ2) is 11.7. The Hall–Kier alpha value is -4.96. The molecule has 2 unspecified atom stereocenters. The Morgan fingerprint density at radius 1 is 1.07 bits per heavy atom. The maximum atomic E-state index is 15.7. The number of piperazine rings is 1. The molecule has 2 spiro atoms. The van der Waals surface area contributed by atoms with Crippen LogP contribution in [0.2, 0.25) is 0 Å². The molecule has 60 heavy (non-hydrogen) atoms. The van der Waals surface area contributed by atoms with Crippen LogP contribution in [0.3, 0.4) is 0 Å². The van der Waals surface area contributed by atoms with Crippen LogP contribution in [-0.2, 0) is 42.2 Å². The predicted molar refractivity (Wildman–Crippen MR) is 218 cm³/mol. The number of aryl methyl sites for hydroxylation is 2. The van der Waals surface area contributed by atoms with Gasteiger partial charge in [-0.3, -0.25) is 24.7 Å². The number of piperidine rings is 1. The van der Waals surface area contributed by atoms with Gasteiger partial charge in [0.25, 0.3) is 0 Å². The zero-order chi connectivity index (χ0) is 41.7. The number of carbonyl (C=O) groups is 3. The fourth-order valence-electron chi connectivity index (χ4n) is 13.2. The van der Waals surface area contributed by atoms with Gasteiger partial charge in [-0.1, -0.05) is 11.6 Å². The minimum atomic E-state index is -1.60. The van der Waals surface area contributed by atoms with Crippen LogP contribution in [0, 0.1) is 20.8 Å². The molecule has 3 fully saturated rings. The number of phenols is 1. The Bertz CT molecular complexity index is 2700. The molecule has 14 nitrogen and oxygen atoms in total. The molecule has 1 aromatic heterocycles. The number of aliphatic carboxylic acids is 1. The summed E-state index contributed by atoms with van der Waals surface area (Å²) in [6.45, 7) is 11.6. The van der Waals surface area contributed by atoms with Crippen LogP contribution in [0.15, 0.2) is 24.3 Å². The first-order valence-electron chi connectivity index (χ1n) is 20.7. The summed E-state index contributed by atoms with van der Waals surface area (Å²) in [4.78, 5) is 50.6. The molecule has 7 aliphatic heterocycles. The monoisotopic (exact) mass is 834 g/mol. The molecule has 8 aliphatic rings. The van der Waals surface area contributed by atoms with Gasteiger partial charge in [-0.25, -0.2) is 4.79 Å². The van der Waals surface area contributed by atoms with E-state index in [0.717, 1.165) is 50.7 Å². The van der Waals surface area contributed by atoms with Crippen LogP contribution in [0.25, 0.3) is 10.9 Å². The highest BCUT2D eigenvalue weighted by atomic mass is 32.2. The lowest BCUT2D eigenvalue weighted by atomic mass is 9.70. The summed E-state index contributed by atoms with van der Waals surface area (Å²) >= 11 is 1.58. The number of hydrogen-bond donors (Lipinski definition) is 4. The Morgan fingerprint density at radius 3 is 2.60 bits per heavy atom. The number of fused-ring (bicyclic) bond motifs is 12. The number of nitrogens with one attached hydrogen (secondary N) is 2. The summed E-state index contributed by atoms with van der Waals surface area (Å²) in [5.74, 6) is -0.197. The number of ether oxygens (including phenoxy) is 5. The summed E-state index contributed by atoms with van der Waals surface area (Å²) in [5.41, 5.74) is 4.48. The largest absolute Gasteiger partial charge is 0.504 e. The van der Waals surface area contributed by atoms with E-state index in [1.54, 1.807) is 18.9 Å². The van der Waals surface area contributed by atoms with E-state index in [1.807, 2.05) is 39.0 Å². The average Bonchev–Trinajstić information content (AvgIpc) is 3.92. The maximum absolute atomic E-state index is 15.7. The summed E-state index contributed by atoms with van der Waals surface area (Å²) in [7, 11) is 1.58. The van der Waals surface area contributed by atoms with E-state index < -0.39 is 40.3 Å². The van der Waals surface area contributed by atoms with E-state index in [-0.39, 0.29) is 66.2 Å². The number of phenolic OH excluding ortho intramolecular Hbond substituents is 1. The third-order valence-corrected chi connectivity index (χ3v) is 17.1. The van der Waals surface area contributed by atoms with E-state index in [1.165, 1.54) is 6.92 Å². The number of benzene rings is 3. The van der Waals surface area contributed by atoms with Gasteiger partial charge in [0.15, 0.2) is 34.1 Å². The Labute approximate surface area is 349 Å². The van der Waals surface area contributed by atoms with Crippen LogP contribution in [0.5, 0.6) is 28.7 Å². The fourth-order valence-corrected chi connectivity index (χ4v) is 15.0. The highest BCUT2D eigenvalue weighted by Gasteiger charge is 2.76. The minimum absolute atomic E-state index is 0.00503. The van der Waals surface area contributed by atoms with E-state index in [4.69, 9.17) is 23.7 Å². The number of nitrogens with zero attached hydrogens (tertiary/aromatic N) is 2. The van der Waals surface area contributed by atoms with Crippen molar-refractivity contribution in [1.82, 2.24) is 20.1 Å². The normalized spacial score (nSPS) is 35.0. The molecule has 4 N–H and O–H groups in total. The molecule has 2 bridgehead atoms. The fraction of sp³-hybridized carbons (Fsp3) is 0.489. The molecule has 10 atom stereocenters. The van der Waals surface area contributed by atoms with E-state index in [9.17, 15) is 19.8 Å². The van der Waals surface area contributed by atoms with Gasteiger partial charge in [-0.2, -0.15) is 0 Å². The first-order valence-corrected chi connectivity index (χ1v) is 21.8. The van der Waals surface area contributed by atoms with Crippen molar-refractivity contribution >= 4 is 40.6 Å². The molecule has 15 heteroatoms. The molecule has 312 valence electrons. The van der Waals surface area contributed by atoms with Crippen LogP contribution >= 0.6 is 11.8 Å². The number of aromatic hydroxyl groups is 1. The van der Waals surface area contributed by atoms with Gasteiger partial charge in [0.2, 0.25) is 6.79 Å². The molecular formula is C45H46N4O10S. The molecule has 12 rings (SSSR count). The first-order chi connectivity index (χ1) is 28.6. The standard InChI is InChI=1S/C45H46N4O10S/c1-17-8-9-25-22(10-17)23-12-26(41(52)53)47-44(39(23)46-25)15-60-40-33-32-29-24(11-18(2)35(55-7)34(29)51)43(6)13-27(49(32)43)20(4)48(33)28-14-45(40,59-42(44)54)31-30(28)38-37(56-16-57-38)19(3)36(31)58-21(5)50/h8-11,20,26-28,32-33,40,46-47,51H,12-16H2,1-7H3,(H,52,53)/t20-,26+,27-,28-,32+,33+,40-,43?,44+,45?/m0/s1. The Balaban J connectivity index is 1.14. The number of hydrogen-bond acceptors (Lipinski definition) is 13. The van der Waals surface area contributed by atoms with Gasteiger partial charge >= 0.3 is 17.9 Å². The smallest absolute Gasteiger partial charge is 0.334 e. The predicted octanol–water partition coefficient (Wildman–Crippen LogP) is 5.39.